The summed E-state index contributed by atoms with van der Waals surface area (Å²) in [6.07, 6.45) is 7.98. The molecule has 2 N–H and O–H groups in total. The van der Waals surface area contributed by atoms with Gasteiger partial charge in [-0.25, -0.2) is 0 Å². The summed E-state index contributed by atoms with van der Waals surface area (Å²) in [6.45, 7) is 2.83. The van der Waals surface area contributed by atoms with Crippen LogP contribution in [0.15, 0.2) is 0 Å². The van der Waals surface area contributed by atoms with Gasteiger partial charge in [0.15, 0.2) is 0 Å². The fraction of sp³-hybridized carbons (Fsp3) is 0.929. The highest BCUT2D eigenvalue weighted by atomic mass is 16.5. The smallest absolute Gasteiger partial charge is 0.320 e. The topological polar surface area (TPSA) is 58.6 Å². The van der Waals surface area contributed by atoms with Gasteiger partial charge in [0.2, 0.25) is 0 Å². The van der Waals surface area contributed by atoms with Crippen LogP contribution in [-0.2, 0) is 9.53 Å². The average molecular weight is 255 g/mol. The van der Waals surface area contributed by atoms with Crippen molar-refractivity contribution < 1.29 is 14.6 Å². The molecule has 4 nitrogen and oxygen atoms in total. The van der Waals surface area contributed by atoms with Crippen molar-refractivity contribution in [2.75, 3.05) is 6.61 Å². The van der Waals surface area contributed by atoms with Gasteiger partial charge >= 0.3 is 5.97 Å². The molecule has 4 heteroatoms. The lowest BCUT2D eigenvalue weighted by molar-refractivity contribution is -0.140. The highest BCUT2D eigenvalue weighted by Gasteiger charge is 2.28. The van der Waals surface area contributed by atoms with Crippen LogP contribution in [-0.4, -0.2) is 35.9 Å². The number of aliphatic carboxylic acids is 1. The third kappa shape index (κ3) is 4.58. The van der Waals surface area contributed by atoms with Crippen LogP contribution < -0.4 is 5.32 Å². The van der Waals surface area contributed by atoms with Gasteiger partial charge in [0.05, 0.1) is 6.10 Å². The molecule has 2 fully saturated rings. The second-order valence-corrected chi connectivity index (χ2v) is 5.89. The van der Waals surface area contributed by atoms with E-state index in [1.165, 1.54) is 12.8 Å². The molecule has 2 aliphatic rings. The van der Waals surface area contributed by atoms with Crippen LogP contribution in [0.1, 0.15) is 51.9 Å². The van der Waals surface area contributed by atoms with Crippen LogP contribution in [0.3, 0.4) is 0 Å². The van der Waals surface area contributed by atoms with Gasteiger partial charge in [-0.3, -0.25) is 4.79 Å². The molecule has 0 aliphatic heterocycles. The van der Waals surface area contributed by atoms with Gasteiger partial charge < -0.3 is 15.2 Å². The van der Waals surface area contributed by atoms with Gasteiger partial charge in [-0.05, 0) is 38.0 Å². The van der Waals surface area contributed by atoms with Crippen molar-refractivity contribution in [3.8, 4) is 0 Å². The normalized spacial score (nSPS) is 30.1. The van der Waals surface area contributed by atoms with E-state index in [2.05, 4.69) is 12.2 Å². The minimum atomic E-state index is -0.748. The van der Waals surface area contributed by atoms with Gasteiger partial charge in [-0.1, -0.05) is 19.8 Å². The number of hydrogen-bond acceptors (Lipinski definition) is 3. The van der Waals surface area contributed by atoms with E-state index in [0.29, 0.717) is 25.2 Å². The number of carbonyl (C=O) groups is 1. The van der Waals surface area contributed by atoms with Crippen molar-refractivity contribution in [3.05, 3.63) is 0 Å². The van der Waals surface area contributed by atoms with Crippen molar-refractivity contribution in [1.82, 2.24) is 5.32 Å². The van der Waals surface area contributed by atoms with E-state index in [4.69, 9.17) is 9.84 Å². The molecular formula is C14H25NO3. The number of nitrogens with one attached hydrogen (secondary N) is 1. The molecule has 0 aromatic rings. The zero-order valence-corrected chi connectivity index (χ0v) is 11.2. The van der Waals surface area contributed by atoms with E-state index in [-0.39, 0.29) is 0 Å². The summed E-state index contributed by atoms with van der Waals surface area (Å²) in [6, 6.07) is -0.000633. The average Bonchev–Trinajstić information content (AvgIpc) is 3.11. The molecule has 3 atom stereocenters. The minimum Gasteiger partial charge on any atom is -0.480 e. The maximum atomic E-state index is 11.1. The Hall–Kier alpha value is -0.610. The second-order valence-electron chi connectivity index (χ2n) is 5.89. The summed E-state index contributed by atoms with van der Waals surface area (Å²) in [7, 11) is 0. The van der Waals surface area contributed by atoms with E-state index in [0.717, 1.165) is 31.6 Å². The summed E-state index contributed by atoms with van der Waals surface area (Å²) in [5.41, 5.74) is 0. The molecule has 0 saturated heterocycles. The SMILES string of the molecule is CC1CCCC(OCCC(NC2CC2)C(=O)O)C1. The van der Waals surface area contributed by atoms with E-state index < -0.39 is 12.0 Å². The molecule has 0 heterocycles. The Morgan fingerprint density at radius 1 is 1.39 bits per heavy atom. The Balaban J connectivity index is 1.64. The van der Waals surface area contributed by atoms with Crippen LogP contribution in [0.25, 0.3) is 0 Å². The molecule has 0 aromatic carbocycles. The molecule has 2 saturated carbocycles. The fourth-order valence-corrected chi connectivity index (χ4v) is 2.70. The summed E-state index contributed by atoms with van der Waals surface area (Å²) in [4.78, 5) is 11.1. The second kappa shape index (κ2) is 6.53. The Kier molecular flexibility index (Phi) is 5.01. The van der Waals surface area contributed by atoms with Gasteiger partial charge in [0.25, 0.3) is 0 Å². The lowest BCUT2D eigenvalue weighted by atomic mass is 9.89. The van der Waals surface area contributed by atoms with Gasteiger partial charge in [0, 0.05) is 12.6 Å². The summed E-state index contributed by atoms with van der Waals surface area (Å²) in [5, 5.41) is 12.3. The first-order valence-corrected chi connectivity index (χ1v) is 7.25. The quantitative estimate of drug-likeness (QED) is 0.732. The number of carboxylic acid groups (broad SMARTS) is 1. The van der Waals surface area contributed by atoms with E-state index in [1.54, 1.807) is 0 Å². The Bertz CT molecular complexity index is 278. The van der Waals surface area contributed by atoms with Crippen molar-refractivity contribution in [2.45, 2.75) is 70.1 Å². The minimum absolute atomic E-state index is 0.351. The van der Waals surface area contributed by atoms with Crippen LogP contribution in [0.5, 0.6) is 0 Å². The summed E-state index contributed by atoms with van der Waals surface area (Å²) >= 11 is 0. The first kappa shape index (κ1) is 13.8. The molecule has 0 amide bonds. The first-order valence-electron chi connectivity index (χ1n) is 7.25. The number of carboxylic acids is 1. The molecule has 0 radical (unpaired) electrons. The standard InChI is InChI=1S/C14H25NO3/c1-10-3-2-4-12(9-10)18-8-7-13(14(16)17)15-11-5-6-11/h10-13,15H,2-9H2,1H3,(H,16,17). The van der Waals surface area contributed by atoms with E-state index in [1.807, 2.05) is 0 Å². The number of hydrogen-bond donors (Lipinski definition) is 2. The molecule has 2 rings (SSSR count). The highest BCUT2D eigenvalue weighted by molar-refractivity contribution is 5.73. The van der Waals surface area contributed by atoms with Crippen molar-refractivity contribution in [1.29, 1.82) is 0 Å². The van der Waals surface area contributed by atoms with E-state index >= 15 is 0 Å². The maximum absolute atomic E-state index is 11.1. The third-order valence-corrected chi connectivity index (χ3v) is 3.96. The molecular weight excluding hydrogens is 230 g/mol. The molecule has 3 unspecified atom stereocenters. The lowest BCUT2D eigenvalue weighted by Crippen LogP contribution is -2.39. The predicted octanol–water partition coefficient (Wildman–Crippen LogP) is 2.18. The lowest BCUT2D eigenvalue weighted by Gasteiger charge is -2.27. The molecule has 0 aromatic heterocycles. The van der Waals surface area contributed by atoms with Crippen LogP contribution >= 0.6 is 0 Å². The summed E-state index contributed by atoms with van der Waals surface area (Å²) in [5.74, 6) is 0.00567. The zero-order chi connectivity index (χ0) is 13.0. The van der Waals surface area contributed by atoms with Crippen molar-refractivity contribution in [3.63, 3.8) is 0 Å². The number of ether oxygens (including phenoxy) is 1. The number of rotatable bonds is 7. The van der Waals surface area contributed by atoms with Crippen molar-refractivity contribution >= 4 is 5.97 Å². The molecule has 18 heavy (non-hydrogen) atoms. The maximum Gasteiger partial charge on any atom is 0.320 e. The highest BCUT2D eigenvalue weighted by Crippen LogP contribution is 2.26. The zero-order valence-electron chi connectivity index (χ0n) is 11.2. The molecule has 0 bridgehead atoms. The monoisotopic (exact) mass is 255 g/mol. The molecule has 104 valence electrons. The summed E-state index contributed by atoms with van der Waals surface area (Å²) < 4.78 is 5.83. The molecule has 0 spiro atoms. The largest absolute Gasteiger partial charge is 0.480 e. The Morgan fingerprint density at radius 3 is 2.78 bits per heavy atom. The van der Waals surface area contributed by atoms with Gasteiger partial charge in [-0.15, -0.1) is 0 Å². The predicted molar refractivity (Wildman–Crippen MR) is 69.6 cm³/mol. The van der Waals surface area contributed by atoms with Crippen molar-refractivity contribution in [2.24, 2.45) is 5.92 Å². The van der Waals surface area contributed by atoms with Gasteiger partial charge in [0.1, 0.15) is 6.04 Å². The van der Waals surface area contributed by atoms with Crippen LogP contribution in [0.4, 0.5) is 0 Å². The van der Waals surface area contributed by atoms with E-state index in [9.17, 15) is 4.79 Å². The third-order valence-electron chi connectivity index (χ3n) is 3.96. The Labute approximate surface area is 109 Å². The Morgan fingerprint density at radius 2 is 2.17 bits per heavy atom. The first-order chi connectivity index (χ1) is 8.65. The van der Waals surface area contributed by atoms with Gasteiger partial charge in [-0.2, -0.15) is 0 Å². The molecule has 2 aliphatic carbocycles. The van der Waals surface area contributed by atoms with Crippen LogP contribution in [0, 0.1) is 5.92 Å². The fourth-order valence-electron chi connectivity index (χ4n) is 2.70. The van der Waals surface area contributed by atoms with Crippen LogP contribution in [0.2, 0.25) is 0 Å².